The molecule has 2 aromatic rings. The highest BCUT2D eigenvalue weighted by Gasteiger charge is 2.17. The van der Waals surface area contributed by atoms with Crippen LogP contribution in [-0.4, -0.2) is 19.1 Å². The van der Waals surface area contributed by atoms with Crippen molar-refractivity contribution in [2.45, 2.75) is 26.0 Å². The summed E-state index contributed by atoms with van der Waals surface area (Å²) in [5.74, 6) is 1.16. The van der Waals surface area contributed by atoms with Gasteiger partial charge in [0.15, 0.2) is 6.10 Å². The minimum Gasteiger partial charge on any atom is -0.497 e. The van der Waals surface area contributed by atoms with Crippen molar-refractivity contribution >= 4 is 17.5 Å². The molecule has 122 valence electrons. The smallest absolute Gasteiger partial charge is 0.261 e. The second-order valence-corrected chi connectivity index (χ2v) is 5.66. The molecule has 0 bridgehead atoms. The molecule has 0 aromatic heterocycles. The van der Waals surface area contributed by atoms with Gasteiger partial charge in [-0.15, -0.1) is 0 Å². The van der Waals surface area contributed by atoms with Gasteiger partial charge in [-0.25, -0.2) is 0 Å². The third-order valence-electron chi connectivity index (χ3n) is 3.45. The summed E-state index contributed by atoms with van der Waals surface area (Å²) in [5.41, 5.74) is 0.995. The number of nitrogens with one attached hydrogen (secondary N) is 1. The Hall–Kier alpha value is -2.20. The lowest BCUT2D eigenvalue weighted by molar-refractivity contribution is -0.127. The fourth-order valence-corrected chi connectivity index (χ4v) is 2.28. The minimum atomic E-state index is -0.617. The van der Waals surface area contributed by atoms with Crippen LogP contribution in [0.2, 0.25) is 5.02 Å². The molecule has 0 aliphatic heterocycles. The Morgan fingerprint density at radius 3 is 2.39 bits per heavy atom. The summed E-state index contributed by atoms with van der Waals surface area (Å²) in [7, 11) is 1.62. The molecule has 0 aliphatic rings. The lowest BCUT2D eigenvalue weighted by Crippen LogP contribution is -2.37. The summed E-state index contributed by atoms with van der Waals surface area (Å²) in [6.45, 7) is 3.63. The summed E-state index contributed by atoms with van der Waals surface area (Å²) in [5, 5.41) is 3.50. The van der Waals surface area contributed by atoms with Crippen molar-refractivity contribution in [3.8, 4) is 11.5 Å². The summed E-state index contributed by atoms with van der Waals surface area (Å²) in [4.78, 5) is 12.2. The topological polar surface area (TPSA) is 47.6 Å². The number of halogens is 1. The third kappa shape index (κ3) is 4.89. The fourth-order valence-electron chi connectivity index (χ4n) is 2.10. The average Bonchev–Trinajstić information content (AvgIpc) is 2.54. The predicted octanol–water partition coefficient (Wildman–Crippen LogP) is 3.99. The van der Waals surface area contributed by atoms with E-state index in [0.29, 0.717) is 10.8 Å². The van der Waals surface area contributed by atoms with E-state index >= 15 is 0 Å². The summed E-state index contributed by atoms with van der Waals surface area (Å²) < 4.78 is 10.7. The number of methoxy groups -OCH3 is 1. The number of rotatable bonds is 6. The van der Waals surface area contributed by atoms with Gasteiger partial charge in [-0.05, 0) is 49.7 Å². The molecule has 1 N–H and O–H groups in total. The monoisotopic (exact) mass is 333 g/mol. The van der Waals surface area contributed by atoms with Crippen LogP contribution < -0.4 is 14.8 Å². The maximum Gasteiger partial charge on any atom is 0.261 e. The van der Waals surface area contributed by atoms with Crippen LogP contribution in [0.25, 0.3) is 0 Å². The largest absolute Gasteiger partial charge is 0.497 e. The molecule has 2 aromatic carbocycles. The molecule has 0 saturated heterocycles. The second-order valence-electron chi connectivity index (χ2n) is 5.22. The molecule has 0 unspecified atom stereocenters. The number of amides is 1. The molecule has 0 aliphatic carbocycles. The Morgan fingerprint density at radius 1 is 1.09 bits per heavy atom. The molecule has 2 rings (SSSR count). The number of ether oxygens (including phenoxy) is 2. The van der Waals surface area contributed by atoms with Gasteiger partial charge in [-0.2, -0.15) is 0 Å². The van der Waals surface area contributed by atoms with E-state index in [2.05, 4.69) is 5.32 Å². The Bertz CT molecular complexity index is 658. The highest BCUT2D eigenvalue weighted by atomic mass is 35.5. The normalized spacial score (nSPS) is 13.0. The molecule has 0 radical (unpaired) electrons. The molecule has 5 heteroatoms. The molecule has 0 spiro atoms. The number of carbonyl (C=O) groups is 1. The van der Waals surface area contributed by atoms with Crippen LogP contribution >= 0.6 is 11.6 Å². The van der Waals surface area contributed by atoms with E-state index in [-0.39, 0.29) is 11.9 Å². The Morgan fingerprint density at radius 2 is 1.78 bits per heavy atom. The van der Waals surface area contributed by atoms with Crippen LogP contribution in [0.1, 0.15) is 25.5 Å². The van der Waals surface area contributed by atoms with Crippen molar-refractivity contribution in [1.29, 1.82) is 0 Å². The van der Waals surface area contributed by atoms with Gasteiger partial charge in [0.05, 0.1) is 13.2 Å². The Kier molecular flexibility index (Phi) is 5.88. The van der Waals surface area contributed by atoms with Crippen molar-refractivity contribution in [3.63, 3.8) is 0 Å². The van der Waals surface area contributed by atoms with E-state index in [4.69, 9.17) is 21.1 Å². The highest BCUT2D eigenvalue weighted by Crippen LogP contribution is 2.20. The number of benzene rings is 2. The molecule has 23 heavy (non-hydrogen) atoms. The van der Waals surface area contributed by atoms with Crippen LogP contribution in [-0.2, 0) is 4.79 Å². The van der Waals surface area contributed by atoms with Gasteiger partial charge in [0, 0.05) is 5.02 Å². The Labute approximate surface area is 141 Å². The predicted molar refractivity (Wildman–Crippen MR) is 91.1 cm³/mol. The van der Waals surface area contributed by atoms with E-state index in [1.165, 1.54) is 0 Å². The van der Waals surface area contributed by atoms with Crippen LogP contribution in [0.4, 0.5) is 0 Å². The molecular formula is C18H20ClNO3. The molecule has 0 heterocycles. The summed E-state index contributed by atoms with van der Waals surface area (Å²) >= 11 is 5.91. The van der Waals surface area contributed by atoms with E-state index in [1.807, 2.05) is 31.2 Å². The quantitative estimate of drug-likeness (QED) is 0.869. The maximum atomic E-state index is 12.2. The van der Waals surface area contributed by atoms with Crippen molar-refractivity contribution in [2.75, 3.05) is 7.11 Å². The zero-order chi connectivity index (χ0) is 16.8. The summed E-state index contributed by atoms with van der Waals surface area (Å²) in [6.07, 6.45) is -0.617. The number of carbonyl (C=O) groups excluding carboxylic acids is 1. The van der Waals surface area contributed by atoms with E-state index in [9.17, 15) is 4.79 Å². The van der Waals surface area contributed by atoms with Crippen molar-refractivity contribution in [1.82, 2.24) is 5.32 Å². The van der Waals surface area contributed by atoms with Gasteiger partial charge in [0.25, 0.3) is 5.91 Å². The van der Waals surface area contributed by atoms with Crippen LogP contribution in [0, 0.1) is 0 Å². The lowest BCUT2D eigenvalue weighted by Gasteiger charge is -2.19. The van der Waals surface area contributed by atoms with Gasteiger partial charge in [0.2, 0.25) is 0 Å². The van der Waals surface area contributed by atoms with Crippen LogP contribution in [0.15, 0.2) is 48.5 Å². The van der Waals surface area contributed by atoms with Gasteiger partial charge in [-0.3, -0.25) is 4.79 Å². The van der Waals surface area contributed by atoms with Crippen LogP contribution in [0.5, 0.6) is 11.5 Å². The Balaban J connectivity index is 1.94. The van der Waals surface area contributed by atoms with Gasteiger partial charge in [-0.1, -0.05) is 29.8 Å². The summed E-state index contributed by atoms with van der Waals surface area (Å²) in [6, 6.07) is 14.4. The van der Waals surface area contributed by atoms with Crippen molar-refractivity contribution in [2.24, 2.45) is 0 Å². The van der Waals surface area contributed by atoms with Gasteiger partial charge < -0.3 is 14.8 Å². The molecular weight excluding hydrogens is 314 g/mol. The molecule has 2 atom stereocenters. The minimum absolute atomic E-state index is 0.126. The lowest BCUT2D eigenvalue weighted by atomic mass is 10.1. The first-order valence-corrected chi connectivity index (χ1v) is 7.74. The zero-order valence-electron chi connectivity index (χ0n) is 13.4. The first-order valence-electron chi connectivity index (χ1n) is 7.36. The standard InChI is InChI=1S/C18H20ClNO3/c1-12(14-7-9-16(22-3)10-8-14)20-18(21)13(2)23-17-6-4-5-15(19)11-17/h4-13H,1-3H3,(H,20,21)/t12-,13+/m0/s1. The van der Waals surface area contributed by atoms with Crippen LogP contribution in [0.3, 0.4) is 0 Å². The third-order valence-corrected chi connectivity index (χ3v) is 3.69. The van der Waals surface area contributed by atoms with E-state index in [1.54, 1.807) is 38.3 Å². The average molecular weight is 334 g/mol. The van der Waals surface area contributed by atoms with Gasteiger partial charge >= 0.3 is 0 Å². The maximum absolute atomic E-state index is 12.2. The van der Waals surface area contributed by atoms with Crippen molar-refractivity contribution < 1.29 is 14.3 Å². The van der Waals surface area contributed by atoms with Gasteiger partial charge in [0.1, 0.15) is 11.5 Å². The molecule has 4 nitrogen and oxygen atoms in total. The van der Waals surface area contributed by atoms with E-state index < -0.39 is 6.10 Å². The first-order chi connectivity index (χ1) is 11.0. The number of hydrogen-bond acceptors (Lipinski definition) is 3. The SMILES string of the molecule is COc1ccc([C@H](C)NC(=O)[C@@H](C)Oc2cccc(Cl)c2)cc1. The number of hydrogen-bond donors (Lipinski definition) is 1. The van der Waals surface area contributed by atoms with Crippen molar-refractivity contribution in [3.05, 3.63) is 59.1 Å². The second kappa shape index (κ2) is 7.88. The molecule has 1 amide bonds. The van der Waals surface area contributed by atoms with E-state index in [0.717, 1.165) is 11.3 Å². The zero-order valence-corrected chi connectivity index (χ0v) is 14.1. The fraction of sp³-hybridized carbons (Fsp3) is 0.278. The highest BCUT2D eigenvalue weighted by molar-refractivity contribution is 6.30. The molecule has 0 saturated carbocycles. The first kappa shape index (κ1) is 17.2. The molecule has 0 fully saturated rings.